The van der Waals surface area contributed by atoms with E-state index in [1.54, 1.807) is 11.3 Å². The minimum absolute atomic E-state index is 0.0693. The lowest BCUT2D eigenvalue weighted by Crippen LogP contribution is -2.20. The van der Waals surface area contributed by atoms with Gasteiger partial charge in [0.1, 0.15) is 11.1 Å². The maximum atomic E-state index is 5.87. The molecule has 1 aromatic heterocycles. The molecule has 17 heavy (non-hydrogen) atoms. The molecule has 0 spiro atoms. The van der Waals surface area contributed by atoms with E-state index in [4.69, 9.17) is 21.1 Å². The van der Waals surface area contributed by atoms with Gasteiger partial charge in [-0.15, -0.1) is 22.9 Å². The Bertz CT molecular complexity index is 339. The van der Waals surface area contributed by atoms with Crippen molar-refractivity contribution >= 4 is 22.9 Å². The lowest BCUT2D eigenvalue weighted by Gasteiger charge is -2.23. The zero-order valence-corrected chi connectivity index (χ0v) is 11.6. The zero-order chi connectivity index (χ0) is 12.1. The predicted molar refractivity (Wildman–Crippen MR) is 69.6 cm³/mol. The third-order valence-corrected chi connectivity index (χ3v) is 4.31. The number of halogens is 1. The van der Waals surface area contributed by atoms with Crippen LogP contribution in [0.2, 0.25) is 0 Å². The van der Waals surface area contributed by atoms with E-state index in [1.807, 2.05) is 5.38 Å². The van der Waals surface area contributed by atoms with E-state index in [0.29, 0.717) is 11.8 Å². The van der Waals surface area contributed by atoms with Gasteiger partial charge in [0.25, 0.3) is 0 Å². The first-order valence-electron chi connectivity index (χ1n) is 5.99. The Labute approximate surface area is 111 Å². The van der Waals surface area contributed by atoms with Gasteiger partial charge >= 0.3 is 0 Å². The van der Waals surface area contributed by atoms with Crippen LogP contribution < -0.4 is 0 Å². The number of nitrogens with zero attached hydrogens (tertiary/aromatic N) is 1. The lowest BCUT2D eigenvalue weighted by atomic mass is 10.0. The molecule has 1 fully saturated rings. The van der Waals surface area contributed by atoms with Crippen molar-refractivity contribution in [3.05, 3.63) is 16.1 Å². The monoisotopic (exact) mass is 275 g/mol. The second-order valence-corrected chi connectivity index (χ2v) is 5.50. The van der Waals surface area contributed by atoms with Gasteiger partial charge < -0.3 is 9.47 Å². The van der Waals surface area contributed by atoms with E-state index >= 15 is 0 Å². The third kappa shape index (κ3) is 3.91. The number of hydrogen-bond acceptors (Lipinski definition) is 4. The molecular formula is C12H18ClNO2S. The summed E-state index contributed by atoms with van der Waals surface area (Å²) < 4.78 is 11.2. The molecule has 0 aromatic carbocycles. The van der Waals surface area contributed by atoms with Gasteiger partial charge in [-0.1, -0.05) is 0 Å². The van der Waals surface area contributed by atoms with E-state index in [-0.39, 0.29) is 6.10 Å². The molecule has 1 aliphatic heterocycles. The van der Waals surface area contributed by atoms with E-state index in [0.717, 1.165) is 43.4 Å². The van der Waals surface area contributed by atoms with Gasteiger partial charge in [0.15, 0.2) is 0 Å². The normalized spacial score (nSPS) is 19.4. The largest absolute Gasteiger partial charge is 0.381 e. The molecule has 5 heteroatoms. The molecule has 0 saturated carbocycles. The summed E-state index contributed by atoms with van der Waals surface area (Å²) in [6.07, 6.45) is 2.29. The first kappa shape index (κ1) is 13.3. The molecule has 3 nitrogen and oxygen atoms in total. The average Bonchev–Trinajstić information content (AvgIpc) is 2.86. The van der Waals surface area contributed by atoms with Crippen molar-refractivity contribution in [1.82, 2.24) is 4.98 Å². The van der Waals surface area contributed by atoms with Gasteiger partial charge in [-0.25, -0.2) is 4.98 Å². The number of alkyl halides is 1. The van der Waals surface area contributed by atoms with Crippen LogP contribution in [0.25, 0.3) is 0 Å². The molecular weight excluding hydrogens is 258 g/mol. The second-order valence-electron chi connectivity index (χ2n) is 4.34. The van der Waals surface area contributed by atoms with Crippen LogP contribution >= 0.6 is 22.9 Å². The Balaban J connectivity index is 1.77. The van der Waals surface area contributed by atoms with Crippen molar-refractivity contribution in [1.29, 1.82) is 0 Å². The molecule has 2 heterocycles. The van der Waals surface area contributed by atoms with Gasteiger partial charge in [-0.3, -0.25) is 0 Å². The van der Waals surface area contributed by atoms with Gasteiger partial charge in [0.2, 0.25) is 0 Å². The molecule has 0 aliphatic carbocycles. The summed E-state index contributed by atoms with van der Waals surface area (Å²) in [4.78, 5) is 4.43. The van der Waals surface area contributed by atoms with Crippen LogP contribution in [0.1, 0.15) is 36.6 Å². The minimum Gasteiger partial charge on any atom is -0.381 e. The number of thiazole rings is 1. The Morgan fingerprint density at radius 1 is 1.59 bits per heavy atom. The van der Waals surface area contributed by atoms with Gasteiger partial charge in [0, 0.05) is 18.6 Å². The summed E-state index contributed by atoms with van der Waals surface area (Å²) in [5, 5.41) is 3.02. The molecule has 1 atom stereocenters. The van der Waals surface area contributed by atoms with Crippen LogP contribution in [-0.4, -0.2) is 24.8 Å². The van der Waals surface area contributed by atoms with Crippen LogP contribution in [0, 0.1) is 5.92 Å². The Morgan fingerprint density at radius 2 is 2.35 bits per heavy atom. The summed E-state index contributed by atoms with van der Waals surface area (Å²) in [5.74, 6) is 1.11. The first-order valence-corrected chi connectivity index (χ1v) is 7.40. The molecule has 0 N–H and O–H groups in total. The summed E-state index contributed by atoms with van der Waals surface area (Å²) in [6, 6.07) is 0. The molecule has 96 valence electrons. The lowest BCUT2D eigenvalue weighted by molar-refractivity contribution is -0.00570. The molecule has 1 aliphatic rings. The highest BCUT2D eigenvalue weighted by atomic mass is 35.5. The van der Waals surface area contributed by atoms with Crippen molar-refractivity contribution in [3.8, 4) is 0 Å². The maximum Gasteiger partial charge on any atom is 0.122 e. The summed E-state index contributed by atoms with van der Waals surface area (Å²) in [7, 11) is 0. The highest BCUT2D eigenvalue weighted by Crippen LogP contribution is 2.24. The van der Waals surface area contributed by atoms with Crippen LogP contribution in [0.3, 0.4) is 0 Å². The van der Waals surface area contributed by atoms with Crippen LogP contribution in [0.15, 0.2) is 5.38 Å². The highest BCUT2D eigenvalue weighted by Gasteiger charge is 2.17. The molecule has 1 unspecified atom stereocenters. The van der Waals surface area contributed by atoms with Crippen molar-refractivity contribution < 1.29 is 9.47 Å². The quantitative estimate of drug-likeness (QED) is 0.772. The van der Waals surface area contributed by atoms with Crippen LogP contribution in [0.4, 0.5) is 0 Å². The molecule has 0 radical (unpaired) electrons. The van der Waals surface area contributed by atoms with Gasteiger partial charge in [-0.2, -0.15) is 0 Å². The molecule has 1 aromatic rings. The number of ether oxygens (including phenoxy) is 2. The SMILES string of the molecule is CC(OCC1CCOCC1)c1nc(CCl)cs1. The van der Waals surface area contributed by atoms with Crippen molar-refractivity contribution in [2.24, 2.45) is 5.92 Å². The first-order chi connectivity index (χ1) is 8.29. The Morgan fingerprint density at radius 3 is 3.00 bits per heavy atom. The zero-order valence-electron chi connectivity index (χ0n) is 10.0. The van der Waals surface area contributed by atoms with E-state index in [2.05, 4.69) is 11.9 Å². The van der Waals surface area contributed by atoms with Crippen LogP contribution in [-0.2, 0) is 15.4 Å². The molecule has 2 rings (SSSR count). The summed E-state index contributed by atoms with van der Waals surface area (Å²) >= 11 is 7.36. The minimum atomic E-state index is 0.0693. The average molecular weight is 276 g/mol. The van der Waals surface area contributed by atoms with Gasteiger partial charge in [0.05, 0.1) is 18.2 Å². The highest BCUT2D eigenvalue weighted by molar-refractivity contribution is 7.09. The fourth-order valence-corrected chi connectivity index (χ4v) is 2.89. The van der Waals surface area contributed by atoms with Crippen molar-refractivity contribution in [2.45, 2.75) is 31.7 Å². The van der Waals surface area contributed by atoms with Gasteiger partial charge in [-0.05, 0) is 25.7 Å². The Kier molecular flexibility index (Phi) is 5.22. The topological polar surface area (TPSA) is 31.4 Å². The number of aromatic nitrogens is 1. The van der Waals surface area contributed by atoms with E-state index in [1.165, 1.54) is 0 Å². The van der Waals surface area contributed by atoms with Crippen molar-refractivity contribution in [2.75, 3.05) is 19.8 Å². The van der Waals surface area contributed by atoms with Crippen molar-refractivity contribution in [3.63, 3.8) is 0 Å². The summed E-state index contributed by atoms with van der Waals surface area (Å²) in [5.41, 5.74) is 0.938. The molecule has 0 amide bonds. The van der Waals surface area contributed by atoms with E-state index < -0.39 is 0 Å². The number of rotatable bonds is 5. The maximum absolute atomic E-state index is 5.87. The second kappa shape index (κ2) is 6.69. The standard InChI is InChI=1S/C12H18ClNO2S/c1-9(12-14-11(6-13)8-17-12)16-7-10-2-4-15-5-3-10/h8-10H,2-7H2,1H3. The third-order valence-electron chi connectivity index (χ3n) is 2.98. The molecule has 1 saturated heterocycles. The number of hydrogen-bond donors (Lipinski definition) is 0. The fraction of sp³-hybridized carbons (Fsp3) is 0.750. The Hall–Kier alpha value is -0.160. The van der Waals surface area contributed by atoms with E-state index in [9.17, 15) is 0 Å². The van der Waals surface area contributed by atoms with Crippen LogP contribution in [0.5, 0.6) is 0 Å². The fourth-order valence-electron chi connectivity index (χ4n) is 1.84. The summed E-state index contributed by atoms with van der Waals surface area (Å²) in [6.45, 7) is 4.60. The predicted octanol–water partition coefficient (Wildman–Crippen LogP) is 3.39. The smallest absolute Gasteiger partial charge is 0.122 e. The molecule has 0 bridgehead atoms.